The minimum absolute atomic E-state index is 0.120. The third-order valence-corrected chi connectivity index (χ3v) is 3.86. The van der Waals surface area contributed by atoms with Crippen molar-refractivity contribution in [1.82, 2.24) is 0 Å². The molecule has 1 aromatic heterocycles. The first-order chi connectivity index (χ1) is 8.61. The lowest BCUT2D eigenvalue weighted by atomic mass is 10.2. The van der Waals surface area contributed by atoms with Gasteiger partial charge in [0.2, 0.25) is 0 Å². The molecular weight excluding hydrogens is 314 g/mol. The Bertz CT molecular complexity index is 580. The van der Waals surface area contributed by atoms with Gasteiger partial charge in [0.15, 0.2) is 0 Å². The van der Waals surface area contributed by atoms with Gasteiger partial charge < -0.3 is 10.1 Å². The van der Waals surface area contributed by atoms with Gasteiger partial charge in [0, 0.05) is 9.85 Å². The van der Waals surface area contributed by atoms with Crippen LogP contribution in [0.25, 0.3) is 0 Å². The summed E-state index contributed by atoms with van der Waals surface area (Å²) >= 11 is 4.89. The lowest BCUT2D eigenvalue weighted by Crippen LogP contribution is -2.12. The molecule has 0 aliphatic rings. The number of benzene rings is 1. The van der Waals surface area contributed by atoms with Gasteiger partial charge in [-0.3, -0.25) is 4.79 Å². The summed E-state index contributed by atoms with van der Waals surface area (Å²) in [6.45, 7) is 1.92. The number of anilines is 1. The van der Waals surface area contributed by atoms with E-state index in [1.54, 1.807) is 13.2 Å². The van der Waals surface area contributed by atoms with Gasteiger partial charge in [-0.25, -0.2) is 0 Å². The molecule has 0 saturated carbocycles. The Kier molecular flexibility index (Phi) is 4.04. The van der Waals surface area contributed by atoms with Crippen molar-refractivity contribution in [3.05, 3.63) is 44.6 Å². The van der Waals surface area contributed by atoms with Crippen molar-refractivity contribution in [3.63, 3.8) is 0 Å². The zero-order chi connectivity index (χ0) is 13.1. The van der Waals surface area contributed by atoms with E-state index in [1.165, 1.54) is 11.3 Å². The summed E-state index contributed by atoms with van der Waals surface area (Å²) in [5, 5.41) is 6.65. The van der Waals surface area contributed by atoms with Gasteiger partial charge in [-0.2, -0.15) is 11.3 Å². The Labute approximate surface area is 118 Å². The average Bonchev–Trinajstić information content (AvgIpc) is 2.76. The minimum atomic E-state index is -0.120. The number of methoxy groups -OCH3 is 1. The second-order valence-corrected chi connectivity index (χ2v) is 5.43. The number of carbonyl (C=O) groups is 1. The molecule has 1 N–H and O–H groups in total. The fourth-order valence-electron chi connectivity index (χ4n) is 1.56. The SMILES string of the molecule is COc1ccc(Br)cc1NC(=O)c1cscc1C. The van der Waals surface area contributed by atoms with Crippen molar-refractivity contribution in [1.29, 1.82) is 0 Å². The highest BCUT2D eigenvalue weighted by Crippen LogP contribution is 2.28. The molecule has 0 unspecified atom stereocenters. The van der Waals surface area contributed by atoms with E-state index >= 15 is 0 Å². The molecule has 0 aliphatic heterocycles. The average molecular weight is 326 g/mol. The predicted molar refractivity (Wildman–Crippen MR) is 77.7 cm³/mol. The van der Waals surface area contributed by atoms with E-state index in [-0.39, 0.29) is 5.91 Å². The first kappa shape index (κ1) is 13.1. The molecule has 1 heterocycles. The molecule has 0 radical (unpaired) electrons. The number of aryl methyl sites for hydroxylation is 1. The van der Waals surface area contributed by atoms with E-state index < -0.39 is 0 Å². The van der Waals surface area contributed by atoms with Crippen LogP contribution in [-0.4, -0.2) is 13.0 Å². The first-order valence-electron chi connectivity index (χ1n) is 5.29. The van der Waals surface area contributed by atoms with E-state index in [0.29, 0.717) is 17.0 Å². The van der Waals surface area contributed by atoms with Crippen molar-refractivity contribution in [3.8, 4) is 5.75 Å². The third-order valence-electron chi connectivity index (χ3n) is 2.51. The van der Waals surface area contributed by atoms with Gasteiger partial charge in [-0.05, 0) is 36.1 Å². The Balaban J connectivity index is 2.27. The molecule has 94 valence electrons. The largest absolute Gasteiger partial charge is 0.495 e. The van der Waals surface area contributed by atoms with Crippen LogP contribution in [0.3, 0.4) is 0 Å². The molecule has 18 heavy (non-hydrogen) atoms. The van der Waals surface area contributed by atoms with Crippen LogP contribution >= 0.6 is 27.3 Å². The summed E-state index contributed by atoms with van der Waals surface area (Å²) in [7, 11) is 1.58. The molecule has 5 heteroatoms. The van der Waals surface area contributed by atoms with E-state index in [2.05, 4.69) is 21.2 Å². The zero-order valence-corrected chi connectivity index (χ0v) is 12.4. The van der Waals surface area contributed by atoms with E-state index in [4.69, 9.17) is 4.74 Å². The molecule has 0 spiro atoms. The third kappa shape index (κ3) is 2.73. The number of hydrogen-bond donors (Lipinski definition) is 1. The van der Waals surface area contributed by atoms with Crippen LogP contribution < -0.4 is 10.1 Å². The van der Waals surface area contributed by atoms with Gasteiger partial charge in [0.1, 0.15) is 5.75 Å². The second-order valence-electron chi connectivity index (χ2n) is 3.77. The van der Waals surface area contributed by atoms with Crippen molar-refractivity contribution in [2.45, 2.75) is 6.92 Å². The zero-order valence-electron chi connectivity index (χ0n) is 9.99. The van der Waals surface area contributed by atoms with Crippen molar-refractivity contribution in [2.24, 2.45) is 0 Å². The Hall–Kier alpha value is -1.33. The molecule has 3 nitrogen and oxygen atoms in total. The normalized spacial score (nSPS) is 10.2. The molecule has 2 aromatic rings. The summed E-state index contributed by atoms with van der Waals surface area (Å²) in [4.78, 5) is 12.1. The van der Waals surface area contributed by atoms with Crippen LogP contribution in [0.5, 0.6) is 5.75 Å². The number of carbonyl (C=O) groups excluding carboxylic acids is 1. The number of ether oxygens (including phenoxy) is 1. The maximum atomic E-state index is 12.1. The summed E-state index contributed by atoms with van der Waals surface area (Å²) in [6.07, 6.45) is 0. The van der Waals surface area contributed by atoms with Crippen LogP contribution in [0.1, 0.15) is 15.9 Å². The van der Waals surface area contributed by atoms with Crippen molar-refractivity contribution < 1.29 is 9.53 Å². The molecule has 0 fully saturated rings. The molecule has 0 saturated heterocycles. The standard InChI is InChI=1S/C13H12BrNO2S/c1-8-6-18-7-10(8)13(16)15-11-5-9(14)3-4-12(11)17-2/h3-7H,1-2H3,(H,15,16). The second kappa shape index (κ2) is 5.54. The molecule has 1 amide bonds. The number of amides is 1. The van der Waals surface area contributed by atoms with E-state index in [9.17, 15) is 4.79 Å². The number of hydrogen-bond acceptors (Lipinski definition) is 3. The maximum absolute atomic E-state index is 12.1. The van der Waals surface area contributed by atoms with Gasteiger partial charge in [0.25, 0.3) is 5.91 Å². The van der Waals surface area contributed by atoms with Gasteiger partial charge in [0.05, 0.1) is 18.4 Å². The molecule has 0 bridgehead atoms. The maximum Gasteiger partial charge on any atom is 0.256 e. The van der Waals surface area contributed by atoms with Gasteiger partial charge in [-0.1, -0.05) is 15.9 Å². The Morgan fingerprint density at radius 2 is 2.17 bits per heavy atom. The first-order valence-corrected chi connectivity index (χ1v) is 7.03. The molecule has 0 atom stereocenters. The van der Waals surface area contributed by atoms with Gasteiger partial charge in [-0.15, -0.1) is 0 Å². The lowest BCUT2D eigenvalue weighted by molar-refractivity contribution is 0.102. The Morgan fingerprint density at radius 3 is 2.78 bits per heavy atom. The number of thiophene rings is 1. The van der Waals surface area contributed by atoms with Gasteiger partial charge >= 0.3 is 0 Å². The van der Waals surface area contributed by atoms with Crippen molar-refractivity contribution in [2.75, 3.05) is 12.4 Å². The van der Waals surface area contributed by atoms with E-state index in [1.807, 2.05) is 29.8 Å². The fraction of sp³-hybridized carbons (Fsp3) is 0.154. The number of nitrogens with one attached hydrogen (secondary N) is 1. The van der Waals surface area contributed by atoms with Crippen LogP contribution in [0.4, 0.5) is 5.69 Å². The lowest BCUT2D eigenvalue weighted by Gasteiger charge is -2.10. The fourth-order valence-corrected chi connectivity index (χ4v) is 2.75. The highest BCUT2D eigenvalue weighted by molar-refractivity contribution is 9.10. The number of rotatable bonds is 3. The van der Waals surface area contributed by atoms with Crippen molar-refractivity contribution >= 4 is 38.9 Å². The summed E-state index contributed by atoms with van der Waals surface area (Å²) in [6, 6.07) is 5.49. The molecule has 1 aromatic carbocycles. The highest BCUT2D eigenvalue weighted by Gasteiger charge is 2.12. The minimum Gasteiger partial charge on any atom is -0.495 e. The smallest absolute Gasteiger partial charge is 0.256 e. The molecule has 2 rings (SSSR count). The van der Waals surface area contributed by atoms with Crippen LogP contribution in [0, 0.1) is 6.92 Å². The summed E-state index contributed by atoms with van der Waals surface area (Å²) in [5.74, 6) is 0.518. The van der Waals surface area contributed by atoms with E-state index in [0.717, 1.165) is 10.0 Å². The Morgan fingerprint density at radius 1 is 1.39 bits per heavy atom. The number of halogens is 1. The van der Waals surface area contributed by atoms with Crippen LogP contribution in [0.15, 0.2) is 33.4 Å². The topological polar surface area (TPSA) is 38.3 Å². The summed E-state index contributed by atoms with van der Waals surface area (Å²) in [5.41, 5.74) is 2.33. The molecular formula is C13H12BrNO2S. The predicted octanol–water partition coefficient (Wildman–Crippen LogP) is 4.08. The quantitative estimate of drug-likeness (QED) is 0.923. The summed E-state index contributed by atoms with van der Waals surface area (Å²) < 4.78 is 6.11. The van der Waals surface area contributed by atoms with Crippen LogP contribution in [0.2, 0.25) is 0 Å². The monoisotopic (exact) mass is 325 g/mol. The van der Waals surface area contributed by atoms with Crippen LogP contribution in [-0.2, 0) is 0 Å². The highest BCUT2D eigenvalue weighted by atomic mass is 79.9. The molecule has 0 aliphatic carbocycles.